The smallest absolute Gasteiger partial charge is 0.238 e. The molecule has 0 aromatic heterocycles. The third-order valence-corrected chi connectivity index (χ3v) is 3.44. The molecule has 98 valence electrons. The molecule has 1 aliphatic rings. The highest BCUT2D eigenvalue weighted by atomic mass is 16.2. The third-order valence-electron chi connectivity index (χ3n) is 3.44. The molecule has 0 spiro atoms. The number of hydrogen-bond donors (Lipinski definition) is 2. The van der Waals surface area contributed by atoms with Gasteiger partial charge in [0.15, 0.2) is 0 Å². The Bertz CT molecular complexity index is 424. The van der Waals surface area contributed by atoms with Gasteiger partial charge in [0.05, 0.1) is 17.9 Å². The topological polar surface area (TPSA) is 58.4 Å². The zero-order valence-corrected chi connectivity index (χ0v) is 11.1. The number of nitrogens with two attached hydrogens (primary N) is 1. The Hall–Kier alpha value is -1.55. The third kappa shape index (κ3) is 3.01. The second-order valence-corrected chi connectivity index (χ2v) is 5.22. The SMILES string of the molecule is Cc1cccc(N)c1NC(=O)CN1CCC(C)C1. The molecule has 0 aliphatic carbocycles. The van der Waals surface area contributed by atoms with Crippen LogP contribution in [-0.2, 0) is 4.79 Å². The first-order valence-electron chi connectivity index (χ1n) is 6.43. The number of hydrogen-bond acceptors (Lipinski definition) is 3. The van der Waals surface area contributed by atoms with E-state index in [9.17, 15) is 4.79 Å². The number of nitrogens with one attached hydrogen (secondary N) is 1. The number of carbonyl (C=O) groups is 1. The van der Waals surface area contributed by atoms with E-state index in [0.29, 0.717) is 18.2 Å². The van der Waals surface area contributed by atoms with E-state index >= 15 is 0 Å². The number of nitrogens with zero attached hydrogens (tertiary/aromatic N) is 1. The lowest BCUT2D eigenvalue weighted by atomic mass is 10.1. The second-order valence-electron chi connectivity index (χ2n) is 5.22. The van der Waals surface area contributed by atoms with Crippen LogP contribution in [0.4, 0.5) is 11.4 Å². The number of amides is 1. The summed E-state index contributed by atoms with van der Waals surface area (Å²) in [5.41, 5.74) is 8.24. The Labute approximate surface area is 108 Å². The van der Waals surface area contributed by atoms with E-state index in [1.165, 1.54) is 6.42 Å². The fraction of sp³-hybridized carbons (Fsp3) is 0.500. The van der Waals surface area contributed by atoms with Crippen LogP contribution >= 0.6 is 0 Å². The van der Waals surface area contributed by atoms with Crippen LogP contribution in [-0.4, -0.2) is 30.4 Å². The van der Waals surface area contributed by atoms with Crippen LogP contribution in [0.5, 0.6) is 0 Å². The summed E-state index contributed by atoms with van der Waals surface area (Å²) in [7, 11) is 0. The number of nitrogen functional groups attached to an aromatic ring is 1. The van der Waals surface area contributed by atoms with Gasteiger partial charge in [0.25, 0.3) is 0 Å². The number of aryl methyl sites for hydroxylation is 1. The summed E-state index contributed by atoms with van der Waals surface area (Å²) in [5.74, 6) is 0.714. The van der Waals surface area contributed by atoms with Gasteiger partial charge in [-0.05, 0) is 37.4 Å². The lowest BCUT2D eigenvalue weighted by Crippen LogP contribution is -2.31. The standard InChI is InChI=1S/C14H21N3O/c1-10-6-7-17(8-10)9-13(18)16-14-11(2)4-3-5-12(14)15/h3-5,10H,6-9,15H2,1-2H3,(H,16,18). The summed E-state index contributed by atoms with van der Waals surface area (Å²) in [5, 5.41) is 2.91. The molecule has 0 radical (unpaired) electrons. The van der Waals surface area contributed by atoms with Crippen LogP contribution in [0, 0.1) is 12.8 Å². The van der Waals surface area contributed by atoms with Crippen molar-refractivity contribution in [2.75, 3.05) is 30.7 Å². The van der Waals surface area contributed by atoms with Gasteiger partial charge in [0, 0.05) is 6.54 Å². The molecule has 0 bridgehead atoms. The van der Waals surface area contributed by atoms with E-state index in [1.807, 2.05) is 19.1 Å². The average Bonchev–Trinajstić information content (AvgIpc) is 2.69. The molecule has 0 saturated carbocycles. The molecule has 1 atom stereocenters. The Morgan fingerprint density at radius 1 is 1.56 bits per heavy atom. The van der Waals surface area contributed by atoms with Crippen LogP contribution in [0.1, 0.15) is 18.9 Å². The van der Waals surface area contributed by atoms with Crippen molar-refractivity contribution in [1.82, 2.24) is 4.90 Å². The predicted molar refractivity (Wildman–Crippen MR) is 74.4 cm³/mol. The Morgan fingerprint density at radius 3 is 2.94 bits per heavy atom. The van der Waals surface area contributed by atoms with E-state index in [1.54, 1.807) is 6.07 Å². The van der Waals surface area contributed by atoms with Crippen molar-refractivity contribution in [3.8, 4) is 0 Å². The summed E-state index contributed by atoms with van der Waals surface area (Å²) >= 11 is 0. The van der Waals surface area contributed by atoms with E-state index in [-0.39, 0.29) is 5.91 Å². The van der Waals surface area contributed by atoms with E-state index in [2.05, 4.69) is 17.1 Å². The summed E-state index contributed by atoms with van der Waals surface area (Å²) in [6, 6.07) is 5.65. The lowest BCUT2D eigenvalue weighted by Gasteiger charge is -2.16. The van der Waals surface area contributed by atoms with Crippen molar-refractivity contribution in [3.63, 3.8) is 0 Å². The first-order valence-corrected chi connectivity index (χ1v) is 6.43. The largest absolute Gasteiger partial charge is 0.397 e. The van der Waals surface area contributed by atoms with Gasteiger partial charge in [-0.1, -0.05) is 19.1 Å². The highest BCUT2D eigenvalue weighted by molar-refractivity contribution is 5.96. The van der Waals surface area contributed by atoms with Crippen molar-refractivity contribution in [2.45, 2.75) is 20.3 Å². The monoisotopic (exact) mass is 247 g/mol. The number of likely N-dealkylation sites (tertiary alicyclic amines) is 1. The van der Waals surface area contributed by atoms with Crippen molar-refractivity contribution < 1.29 is 4.79 Å². The first kappa shape index (κ1) is 12.9. The minimum absolute atomic E-state index is 0.0186. The average molecular weight is 247 g/mol. The van der Waals surface area contributed by atoms with Gasteiger partial charge < -0.3 is 11.1 Å². The molecule has 1 aromatic rings. The summed E-state index contributed by atoms with van der Waals surface area (Å²) < 4.78 is 0. The zero-order chi connectivity index (χ0) is 13.1. The zero-order valence-electron chi connectivity index (χ0n) is 11.1. The molecule has 1 saturated heterocycles. The molecule has 3 N–H and O–H groups in total. The molecule has 1 amide bonds. The Kier molecular flexibility index (Phi) is 3.87. The van der Waals surface area contributed by atoms with Gasteiger partial charge in [-0.25, -0.2) is 0 Å². The maximum absolute atomic E-state index is 12.0. The van der Waals surface area contributed by atoms with Crippen LogP contribution in [0.25, 0.3) is 0 Å². The second kappa shape index (κ2) is 5.40. The number of rotatable bonds is 3. The molecule has 4 heteroatoms. The first-order chi connectivity index (χ1) is 8.56. The molecule has 18 heavy (non-hydrogen) atoms. The number of anilines is 2. The van der Waals surface area contributed by atoms with Crippen molar-refractivity contribution in [2.24, 2.45) is 5.92 Å². The van der Waals surface area contributed by atoms with E-state index < -0.39 is 0 Å². The fourth-order valence-electron chi connectivity index (χ4n) is 2.41. The molecule has 2 rings (SSSR count). The lowest BCUT2D eigenvalue weighted by molar-refractivity contribution is -0.117. The summed E-state index contributed by atoms with van der Waals surface area (Å²) in [4.78, 5) is 14.2. The number of benzene rings is 1. The van der Waals surface area contributed by atoms with Gasteiger partial charge in [-0.2, -0.15) is 0 Å². The van der Waals surface area contributed by atoms with Gasteiger partial charge in [-0.3, -0.25) is 9.69 Å². The van der Waals surface area contributed by atoms with E-state index in [4.69, 9.17) is 5.73 Å². The van der Waals surface area contributed by atoms with Gasteiger partial charge in [-0.15, -0.1) is 0 Å². The van der Waals surface area contributed by atoms with Gasteiger partial charge >= 0.3 is 0 Å². The van der Waals surface area contributed by atoms with Gasteiger partial charge in [0.1, 0.15) is 0 Å². The van der Waals surface area contributed by atoms with E-state index in [0.717, 1.165) is 24.3 Å². The molecule has 1 unspecified atom stereocenters. The summed E-state index contributed by atoms with van der Waals surface area (Å²) in [6.07, 6.45) is 1.18. The molecule has 1 heterocycles. The number of carbonyl (C=O) groups excluding carboxylic acids is 1. The van der Waals surface area contributed by atoms with Crippen LogP contribution < -0.4 is 11.1 Å². The Balaban J connectivity index is 1.95. The molecule has 1 aromatic carbocycles. The van der Waals surface area contributed by atoms with Crippen LogP contribution in [0.15, 0.2) is 18.2 Å². The van der Waals surface area contributed by atoms with Crippen LogP contribution in [0.3, 0.4) is 0 Å². The summed E-state index contributed by atoms with van der Waals surface area (Å²) in [6.45, 7) is 6.65. The maximum atomic E-state index is 12.0. The fourth-order valence-corrected chi connectivity index (χ4v) is 2.41. The highest BCUT2D eigenvalue weighted by Crippen LogP contribution is 2.22. The highest BCUT2D eigenvalue weighted by Gasteiger charge is 2.20. The Morgan fingerprint density at radius 2 is 2.33 bits per heavy atom. The maximum Gasteiger partial charge on any atom is 0.238 e. The molecule has 1 fully saturated rings. The quantitative estimate of drug-likeness (QED) is 0.801. The molecular weight excluding hydrogens is 226 g/mol. The minimum Gasteiger partial charge on any atom is -0.397 e. The van der Waals surface area contributed by atoms with Crippen molar-refractivity contribution in [1.29, 1.82) is 0 Å². The van der Waals surface area contributed by atoms with Crippen molar-refractivity contribution >= 4 is 17.3 Å². The predicted octanol–water partition coefficient (Wildman–Crippen LogP) is 1.86. The minimum atomic E-state index is 0.0186. The number of para-hydroxylation sites is 1. The van der Waals surface area contributed by atoms with Crippen LogP contribution in [0.2, 0.25) is 0 Å². The normalized spacial score (nSPS) is 20.0. The molecule has 1 aliphatic heterocycles. The molecular formula is C14H21N3O. The van der Waals surface area contributed by atoms with Crippen molar-refractivity contribution in [3.05, 3.63) is 23.8 Å². The van der Waals surface area contributed by atoms with Gasteiger partial charge in [0.2, 0.25) is 5.91 Å². The molecule has 4 nitrogen and oxygen atoms in total.